The first-order valence-electron chi connectivity index (χ1n) is 5.45. The summed E-state index contributed by atoms with van der Waals surface area (Å²) in [6, 6.07) is 6.67. The van der Waals surface area contributed by atoms with E-state index in [9.17, 15) is 13.6 Å². The van der Waals surface area contributed by atoms with Crippen molar-refractivity contribution < 1.29 is 18.3 Å². The van der Waals surface area contributed by atoms with E-state index in [-0.39, 0.29) is 5.69 Å². The van der Waals surface area contributed by atoms with Crippen molar-refractivity contribution in [1.29, 1.82) is 0 Å². The highest BCUT2D eigenvalue weighted by molar-refractivity contribution is 7.99. The van der Waals surface area contributed by atoms with Gasteiger partial charge in [0.2, 0.25) is 0 Å². The topological polar surface area (TPSA) is 51.2 Å². The minimum atomic E-state index is -2.50. The second-order valence-electron chi connectivity index (χ2n) is 3.53. The molecule has 2 aromatic rings. The zero-order valence-electron chi connectivity index (χ0n) is 10.3. The number of benzene rings is 1. The number of nitrogens with one attached hydrogen (secondary N) is 1. The van der Waals surface area contributed by atoms with Gasteiger partial charge in [-0.2, -0.15) is 8.78 Å². The molecule has 2 rings (SSSR count). The van der Waals surface area contributed by atoms with Crippen LogP contribution in [0, 0.1) is 0 Å². The fourth-order valence-corrected chi connectivity index (χ4v) is 2.70. The zero-order valence-corrected chi connectivity index (χ0v) is 11.9. The van der Waals surface area contributed by atoms with Gasteiger partial charge < -0.3 is 10.1 Å². The van der Waals surface area contributed by atoms with Crippen LogP contribution in [-0.4, -0.2) is 23.8 Å². The Balaban J connectivity index is 2.17. The maximum Gasteiger partial charge on any atom is 0.357 e. The molecule has 1 N–H and O–H groups in total. The molecule has 0 aliphatic carbocycles. The summed E-state index contributed by atoms with van der Waals surface area (Å²) in [5.74, 6) is -3.04. The molecular weight excluding hydrogens is 306 g/mol. The van der Waals surface area contributed by atoms with Gasteiger partial charge in [0.05, 0.1) is 12.8 Å². The summed E-state index contributed by atoms with van der Waals surface area (Å²) < 4.78 is 29.5. The lowest BCUT2D eigenvalue weighted by atomic mass is 10.3. The third-order valence-electron chi connectivity index (χ3n) is 2.24. The quantitative estimate of drug-likeness (QED) is 0.668. The van der Waals surface area contributed by atoms with Gasteiger partial charge in [-0.3, -0.25) is 0 Å². The van der Waals surface area contributed by atoms with Crippen molar-refractivity contribution in [3.05, 3.63) is 35.3 Å². The van der Waals surface area contributed by atoms with Gasteiger partial charge in [0.25, 0.3) is 5.76 Å². The van der Waals surface area contributed by atoms with Crippen LogP contribution < -0.4 is 5.32 Å². The fourth-order valence-electron chi connectivity index (χ4n) is 1.41. The second kappa shape index (κ2) is 6.67. The number of nitrogens with zero attached hydrogens (tertiary/aromatic N) is 1. The summed E-state index contributed by atoms with van der Waals surface area (Å²) >= 11 is 1.65. The summed E-state index contributed by atoms with van der Waals surface area (Å²) in [4.78, 5) is 15.7. The van der Waals surface area contributed by atoms with E-state index in [1.54, 1.807) is 24.3 Å². The van der Waals surface area contributed by atoms with Gasteiger partial charge >= 0.3 is 5.97 Å². The van der Waals surface area contributed by atoms with Crippen molar-refractivity contribution in [2.24, 2.45) is 0 Å². The van der Waals surface area contributed by atoms with E-state index >= 15 is 0 Å². The molecule has 0 atom stereocenters. The highest BCUT2D eigenvalue weighted by atomic mass is 32.2. The Morgan fingerprint density at radius 2 is 2.20 bits per heavy atom. The largest absolute Gasteiger partial charge is 0.464 e. The highest BCUT2D eigenvalue weighted by Gasteiger charge is 2.13. The number of carbonyl (C=O) groups is 1. The standard InChI is InChI=1S/C12H10F2N2O2S2/c1-18-10(17)8-6-19-12(16-8)15-7-4-2-3-5-9(7)20-11(13)14/h2-6,11H,1H3,(H,15,16). The molecule has 4 nitrogen and oxygen atoms in total. The molecule has 1 aromatic heterocycles. The van der Waals surface area contributed by atoms with E-state index < -0.39 is 11.7 Å². The van der Waals surface area contributed by atoms with Gasteiger partial charge in [0.1, 0.15) is 0 Å². The molecule has 1 aromatic carbocycles. The number of hydrogen-bond donors (Lipinski definition) is 1. The lowest BCUT2D eigenvalue weighted by molar-refractivity contribution is 0.0595. The van der Waals surface area contributed by atoms with E-state index in [0.717, 1.165) is 0 Å². The lowest BCUT2D eigenvalue weighted by Crippen LogP contribution is -2.01. The van der Waals surface area contributed by atoms with Crippen LogP contribution in [0.5, 0.6) is 0 Å². The predicted molar refractivity (Wildman–Crippen MR) is 75.0 cm³/mol. The molecule has 0 amide bonds. The summed E-state index contributed by atoms with van der Waals surface area (Å²) in [6.07, 6.45) is 0. The normalized spacial score (nSPS) is 10.6. The van der Waals surface area contributed by atoms with Crippen molar-refractivity contribution in [2.45, 2.75) is 10.7 Å². The summed E-state index contributed by atoms with van der Waals surface area (Å²) in [6.45, 7) is 0. The number of thioether (sulfide) groups is 1. The summed E-state index contributed by atoms with van der Waals surface area (Å²) in [7, 11) is 1.27. The van der Waals surface area contributed by atoms with Gasteiger partial charge in [-0.15, -0.1) is 11.3 Å². The Hall–Kier alpha value is -1.67. The number of aromatic nitrogens is 1. The molecule has 0 bridgehead atoms. The molecule has 0 saturated heterocycles. The third-order valence-corrected chi connectivity index (χ3v) is 3.79. The number of esters is 1. The minimum Gasteiger partial charge on any atom is -0.464 e. The van der Waals surface area contributed by atoms with Gasteiger partial charge in [0.15, 0.2) is 10.8 Å². The smallest absolute Gasteiger partial charge is 0.357 e. The summed E-state index contributed by atoms with van der Waals surface area (Å²) in [5, 5.41) is 4.90. The maximum absolute atomic E-state index is 12.5. The Morgan fingerprint density at radius 1 is 1.45 bits per heavy atom. The highest BCUT2D eigenvalue weighted by Crippen LogP contribution is 2.33. The SMILES string of the molecule is COC(=O)c1csc(Nc2ccccc2SC(F)F)n1. The minimum absolute atomic E-state index is 0.180. The van der Waals surface area contributed by atoms with Crippen LogP contribution in [0.4, 0.5) is 19.6 Å². The van der Waals surface area contributed by atoms with Crippen molar-refractivity contribution in [2.75, 3.05) is 12.4 Å². The van der Waals surface area contributed by atoms with E-state index in [0.29, 0.717) is 27.5 Å². The Morgan fingerprint density at radius 3 is 2.90 bits per heavy atom. The number of rotatable bonds is 5. The predicted octanol–water partition coefficient (Wildman–Crippen LogP) is 3.99. The average Bonchev–Trinajstić information content (AvgIpc) is 2.88. The van der Waals surface area contributed by atoms with Crippen molar-refractivity contribution in [3.8, 4) is 0 Å². The first-order chi connectivity index (χ1) is 9.60. The average molecular weight is 316 g/mol. The van der Waals surface area contributed by atoms with E-state index in [1.807, 2.05) is 0 Å². The molecule has 20 heavy (non-hydrogen) atoms. The van der Waals surface area contributed by atoms with Crippen LogP contribution in [0.1, 0.15) is 10.5 Å². The molecule has 0 fully saturated rings. The first-order valence-corrected chi connectivity index (χ1v) is 7.21. The second-order valence-corrected chi connectivity index (χ2v) is 5.42. The van der Waals surface area contributed by atoms with Crippen molar-refractivity contribution >= 4 is 39.9 Å². The number of anilines is 2. The monoisotopic (exact) mass is 316 g/mol. The molecule has 1 heterocycles. The van der Waals surface area contributed by atoms with Gasteiger partial charge in [0, 0.05) is 10.3 Å². The van der Waals surface area contributed by atoms with E-state index in [2.05, 4.69) is 15.0 Å². The Labute approximate surface area is 122 Å². The van der Waals surface area contributed by atoms with Gasteiger partial charge in [-0.05, 0) is 12.1 Å². The third kappa shape index (κ3) is 3.67. The Kier molecular flexibility index (Phi) is 4.91. The van der Waals surface area contributed by atoms with Crippen LogP contribution in [-0.2, 0) is 4.74 Å². The molecule has 0 unspecified atom stereocenters. The number of hydrogen-bond acceptors (Lipinski definition) is 6. The van der Waals surface area contributed by atoms with E-state index in [4.69, 9.17) is 0 Å². The Bertz CT molecular complexity index is 605. The maximum atomic E-state index is 12.5. The number of halogens is 2. The molecule has 0 saturated carbocycles. The first kappa shape index (κ1) is 14.7. The van der Waals surface area contributed by atoms with Crippen molar-refractivity contribution in [3.63, 3.8) is 0 Å². The van der Waals surface area contributed by atoms with Crippen molar-refractivity contribution in [1.82, 2.24) is 4.98 Å². The van der Waals surface area contributed by atoms with E-state index in [1.165, 1.54) is 23.8 Å². The van der Waals surface area contributed by atoms with Crippen LogP contribution in [0.15, 0.2) is 34.5 Å². The molecule has 106 valence electrons. The lowest BCUT2D eigenvalue weighted by Gasteiger charge is -2.08. The number of methoxy groups -OCH3 is 1. The summed E-state index contributed by atoms with van der Waals surface area (Å²) in [5.41, 5.74) is 0.697. The van der Waals surface area contributed by atoms with Gasteiger partial charge in [-0.1, -0.05) is 23.9 Å². The molecule has 0 radical (unpaired) electrons. The number of alkyl halides is 2. The molecule has 8 heteroatoms. The molecule has 0 aliphatic heterocycles. The number of carbonyl (C=O) groups excluding carboxylic acids is 1. The molecule has 0 spiro atoms. The van der Waals surface area contributed by atoms with Crippen LogP contribution >= 0.6 is 23.1 Å². The van der Waals surface area contributed by atoms with Gasteiger partial charge in [-0.25, -0.2) is 9.78 Å². The number of thiazole rings is 1. The number of ether oxygens (including phenoxy) is 1. The number of para-hydroxylation sites is 1. The zero-order chi connectivity index (χ0) is 14.5. The van der Waals surface area contributed by atoms with Crippen LogP contribution in [0.3, 0.4) is 0 Å². The molecular formula is C12H10F2N2O2S2. The van der Waals surface area contributed by atoms with Crippen LogP contribution in [0.25, 0.3) is 0 Å². The molecule has 0 aliphatic rings. The van der Waals surface area contributed by atoms with Crippen LogP contribution in [0.2, 0.25) is 0 Å². The fraction of sp³-hybridized carbons (Fsp3) is 0.167.